The van der Waals surface area contributed by atoms with Crippen molar-refractivity contribution in [1.29, 1.82) is 0 Å². The smallest absolute Gasteiger partial charge is 0.378 e. The van der Waals surface area contributed by atoms with Gasteiger partial charge in [0.2, 0.25) is 5.91 Å². The first-order chi connectivity index (χ1) is 11.1. The van der Waals surface area contributed by atoms with Crippen molar-refractivity contribution in [2.24, 2.45) is 0 Å². The summed E-state index contributed by atoms with van der Waals surface area (Å²) in [6.45, 7) is 0.938. The van der Waals surface area contributed by atoms with Crippen LogP contribution in [0.25, 0.3) is 0 Å². The molecule has 0 radical (unpaired) electrons. The third-order valence-electron chi connectivity index (χ3n) is 3.40. The van der Waals surface area contributed by atoms with E-state index in [0.29, 0.717) is 38.4 Å². The first kappa shape index (κ1) is 18.4. The molecule has 24 heavy (non-hydrogen) atoms. The number of carbonyl (C=O) groups is 1. The van der Waals surface area contributed by atoms with E-state index in [0.717, 1.165) is 0 Å². The monoisotopic (exact) mass is 356 g/mol. The molecule has 0 unspecified atom stereocenters. The molecule has 0 bridgehead atoms. The largest absolute Gasteiger partial charge is 0.416 e. The molecule has 0 aliphatic carbocycles. The van der Waals surface area contributed by atoms with Gasteiger partial charge in [0, 0.05) is 18.8 Å². The number of halogens is 6. The van der Waals surface area contributed by atoms with Gasteiger partial charge in [-0.2, -0.15) is 26.3 Å². The molecule has 0 spiro atoms. The van der Waals surface area contributed by atoms with Gasteiger partial charge in [-0.1, -0.05) is 0 Å². The lowest BCUT2D eigenvalue weighted by molar-refractivity contribution is -0.143. The van der Waals surface area contributed by atoms with Gasteiger partial charge >= 0.3 is 12.4 Å². The normalized spacial score (nSPS) is 16.2. The Hall–Kier alpha value is -1.97. The number of amides is 1. The van der Waals surface area contributed by atoms with Crippen LogP contribution in [0.3, 0.4) is 0 Å². The maximum atomic E-state index is 12.7. The van der Waals surface area contributed by atoms with Crippen molar-refractivity contribution in [2.75, 3.05) is 38.2 Å². The van der Waals surface area contributed by atoms with Crippen LogP contribution in [0.15, 0.2) is 18.2 Å². The topological polar surface area (TPSA) is 41.6 Å². The fraction of sp³-hybridized carbons (Fsp3) is 0.500. The molecule has 1 aromatic rings. The number of anilines is 1. The van der Waals surface area contributed by atoms with Crippen molar-refractivity contribution in [3.8, 4) is 0 Å². The Kier molecular flexibility index (Phi) is 5.26. The highest BCUT2D eigenvalue weighted by Crippen LogP contribution is 2.37. The van der Waals surface area contributed by atoms with E-state index in [1.54, 1.807) is 0 Å². The highest BCUT2D eigenvalue weighted by molar-refractivity contribution is 5.81. The van der Waals surface area contributed by atoms with E-state index in [1.807, 2.05) is 0 Å². The fourth-order valence-electron chi connectivity index (χ4n) is 2.16. The Bertz CT molecular complexity index is 562. The van der Waals surface area contributed by atoms with Gasteiger partial charge in [-0.15, -0.1) is 0 Å². The van der Waals surface area contributed by atoms with Gasteiger partial charge < -0.3 is 15.0 Å². The summed E-state index contributed by atoms with van der Waals surface area (Å²) in [5.41, 5.74) is -3.28. The summed E-state index contributed by atoms with van der Waals surface area (Å²) in [7, 11) is 0. The summed E-state index contributed by atoms with van der Waals surface area (Å²) < 4.78 is 81.5. The number of alkyl halides is 6. The van der Waals surface area contributed by atoms with Crippen LogP contribution in [-0.2, 0) is 21.9 Å². The summed E-state index contributed by atoms with van der Waals surface area (Å²) in [4.78, 5) is 13.3. The SMILES string of the molecule is O=C(CNc1cc(C(F)(F)F)cc(C(F)(F)F)c1)N1CCOCC1. The number of benzene rings is 1. The third kappa shape index (κ3) is 4.76. The molecule has 10 heteroatoms. The summed E-state index contributed by atoms with van der Waals surface area (Å²) in [5.74, 6) is -0.427. The lowest BCUT2D eigenvalue weighted by Gasteiger charge is -2.27. The summed E-state index contributed by atoms with van der Waals surface area (Å²) in [6.07, 6.45) is -9.85. The minimum Gasteiger partial charge on any atom is -0.378 e. The standard InChI is InChI=1S/C14H14F6N2O2/c15-13(16,17)9-5-10(14(18,19)20)7-11(6-9)21-8-12(23)22-1-3-24-4-2-22/h5-7,21H,1-4,8H2. The van der Waals surface area contributed by atoms with Gasteiger partial charge in [0.05, 0.1) is 30.9 Å². The van der Waals surface area contributed by atoms with Crippen LogP contribution in [0.1, 0.15) is 11.1 Å². The van der Waals surface area contributed by atoms with Crippen LogP contribution >= 0.6 is 0 Å². The minimum atomic E-state index is -4.92. The van der Waals surface area contributed by atoms with Gasteiger partial charge in [0.1, 0.15) is 0 Å². The van der Waals surface area contributed by atoms with Crippen molar-refractivity contribution < 1.29 is 35.9 Å². The molecule has 4 nitrogen and oxygen atoms in total. The second kappa shape index (κ2) is 6.88. The number of nitrogens with zero attached hydrogens (tertiary/aromatic N) is 1. The summed E-state index contributed by atoms with van der Waals surface area (Å²) >= 11 is 0. The highest BCUT2D eigenvalue weighted by Gasteiger charge is 2.37. The molecule has 1 saturated heterocycles. The van der Waals surface area contributed by atoms with Crippen molar-refractivity contribution >= 4 is 11.6 Å². The van der Waals surface area contributed by atoms with Crippen LogP contribution in [0.4, 0.5) is 32.0 Å². The van der Waals surface area contributed by atoms with E-state index in [4.69, 9.17) is 4.74 Å². The lowest BCUT2D eigenvalue weighted by atomic mass is 10.1. The molecule has 1 heterocycles. The van der Waals surface area contributed by atoms with Crippen LogP contribution in [0.2, 0.25) is 0 Å². The molecule has 134 valence electrons. The van der Waals surface area contributed by atoms with E-state index >= 15 is 0 Å². The van der Waals surface area contributed by atoms with Gasteiger partial charge in [0.25, 0.3) is 0 Å². The van der Waals surface area contributed by atoms with Crippen LogP contribution in [0.5, 0.6) is 0 Å². The van der Waals surface area contributed by atoms with E-state index in [2.05, 4.69) is 5.32 Å². The third-order valence-corrected chi connectivity index (χ3v) is 3.40. The predicted molar refractivity (Wildman–Crippen MR) is 72.3 cm³/mol. The zero-order chi connectivity index (χ0) is 18.0. The Labute approximate surface area is 133 Å². The first-order valence-electron chi connectivity index (χ1n) is 6.96. The number of hydrogen-bond acceptors (Lipinski definition) is 3. The van der Waals surface area contributed by atoms with Crippen molar-refractivity contribution in [3.05, 3.63) is 29.3 Å². The zero-order valence-corrected chi connectivity index (χ0v) is 12.3. The molecule has 2 rings (SSSR count). The quantitative estimate of drug-likeness (QED) is 0.847. The van der Waals surface area contributed by atoms with E-state index in [1.165, 1.54) is 4.90 Å². The van der Waals surface area contributed by atoms with Crippen molar-refractivity contribution in [2.45, 2.75) is 12.4 Å². The van der Waals surface area contributed by atoms with Gasteiger partial charge in [-0.25, -0.2) is 0 Å². The Morgan fingerprint density at radius 2 is 1.50 bits per heavy atom. The molecule has 1 aliphatic heterocycles. The first-order valence-corrected chi connectivity index (χ1v) is 6.96. The van der Waals surface area contributed by atoms with Gasteiger partial charge in [0.15, 0.2) is 0 Å². The molecular weight excluding hydrogens is 342 g/mol. The molecule has 1 fully saturated rings. The number of morpholine rings is 1. The van der Waals surface area contributed by atoms with E-state index < -0.39 is 41.6 Å². The maximum absolute atomic E-state index is 12.7. The fourth-order valence-corrected chi connectivity index (χ4v) is 2.16. The number of nitrogens with one attached hydrogen (secondary N) is 1. The molecule has 0 atom stereocenters. The number of hydrogen-bond donors (Lipinski definition) is 1. The second-order valence-corrected chi connectivity index (χ2v) is 5.14. The van der Waals surface area contributed by atoms with E-state index in [-0.39, 0.29) is 6.07 Å². The minimum absolute atomic E-state index is 0.0367. The molecule has 1 N–H and O–H groups in total. The molecule has 1 aliphatic rings. The average Bonchev–Trinajstić information content (AvgIpc) is 2.51. The highest BCUT2D eigenvalue weighted by atomic mass is 19.4. The number of ether oxygens (including phenoxy) is 1. The molecule has 0 aromatic heterocycles. The van der Waals surface area contributed by atoms with E-state index in [9.17, 15) is 31.1 Å². The lowest BCUT2D eigenvalue weighted by Crippen LogP contribution is -2.43. The molecule has 1 aromatic carbocycles. The number of carbonyl (C=O) groups excluding carboxylic acids is 1. The number of rotatable bonds is 3. The Morgan fingerprint density at radius 3 is 1.96 bits per heavy atom. The summed E-state index contributed by atoms with van der Waals surface area (Å²) in [6, 6.07) is 1.12. The zero-order valence-electron chi connectivity index (χ0n) is 12.3. The predicted octanol–water partition coefficient (Wildman–Crippen LogP) is 2.99. The summed E-state index contributed by atoms with van der Waals surface area (Å²) in [5, 5.41) is 2.33. The second-order valence-electron chi connectivity index (χ2n) is 5.14. The van der Waals surface area contributed by atoms with Crippen molar-refractivity contribution in [1.82, 2.24) is 4.90 Å². The maximum Gasteiger partial charge on any atom is 0.416 e. The molecule has 1 amide bonds. The van der Waals surface area contributed by atoms with Gasteiger partial charge in [-0.05, 0) is 18.2 Å². The van der Waals surface area contributed by atoms with Crippen molar-refractivity contribution in [3.63, 3.8) is 0 Å². The van der Waals surface area contributed by atoms with Gasteiger partial charge in [-0.3, -0.25) is 4.79 Å². The Balaban J connectivity index is 2.15. The average molecular weight is 356 g/mol. The van der Waals surface area contributed by atoms with Crippen LogP contribution in [-0.4, -0.2) is 43.7 Å². The molecular formula is C14H14F6N2O2. The van der Waals surface area contributed by atoms with Crippen LogP contribution < -0.4 is 5.32 Å². The Morgan fingerprint density at radius 1 is 1.00 bits per heavy atom. The molecule has 0 saturated carbocycles. The van der Waals surface area contributed by atoms with Crippen LogP contribution in [0, 0.1) is 0 Å².